The first-order valence-corrected chi connectivity index (χ1v) is 6.41. The van der Waals surface area contributed by atoms with E-state index in [1.807, 2.05) is 6.07 Å². The third-order valence-electron chi connectivity index (χ3n) is 3.96. The monoisotopic (exact) mass is 216 g/mol. The largest absolute Gasteiger partial charge is 0.399 e. The van der Waals surface area contributed by atoms with Crippen LogP contribution in [0, 0.1) is 5.92 Å². The summed E-state index contributed by atoms with van der Waals surface area (Å²) >= 11 is 0. The van der Waals surface area contributed by atoms with Crippen LogP contribution >= 0.6 is 0 Å². The van der Waals surface area contributed by atoms with Crippen LogP contribution in [0.15, 0.2) is 18.2 Å². The number of anilines is 1. The molecule has 0 amide bonds. The molecule has 1 unspecified atom stereocenters. The standard InChI is InChI=1S/C14H20N2/c15-14-4-3-12-7-11(8-13(12)9-14)10-16-5-1-2-6-16/h3-4,9,11H,1-2,5-8,10,15H2. The first-order chi connectivity index (χ1) is 7.81. The van der Waals surface area contributed by atoms with Gasteiger partial charge in [-0.25, -0.2) is 0 Å². The van der Waals surface area contributed by atoms with Crippen LogP contribution in [-0.4, -0.2) is 24.5 Å². The molecule has 1 aliphatic carbocycles. The van der Waals surface area contributed by atoms with Crippen molar-refractivity contribution in [2.45, 2.75) is 25.7 Å². The molecular weight excluding hydrogens is 196 g/mol. The van der Waals surface area contributed by atoms with Gasteiger partial charge >= 0.3 is 0 Å². The van der Waals surface area contributed by atoms with E-state index < -0.39 is 0 Å². The van der Waals surface area contributed by atoms with Crippen molar-refractivity contribution >= 4 is 5.69 Å². The Morgan fingerprint density at radius 2 is 1.88 bits per heavy atom. The Morgan fingerprint density at radius 3 is 2.69 bits per heavy atom. The number of rotatable bonds is 2. The highest BCUT2D eigenvalue weighted by Gasteiger charge is 2.24. The molecule has 2 aliphatic rings. The lowest BCUT2D eigenvalue weighted by Crippen LogP contribution is -2.26. The maximum atomic E-state index is 5.83. The molecule has 1 aromatic carbocycles. The summed E-state index contributed by atoms with van der Waals surface area (Å²) in [5.74, 6) is 0.829. The molecule has 1 aromatic rings. The third kappa shape index (κ3) is 1.94. The normalized spacial score (nSPS) is 24.9. The van der Waals surface area contributed by atoms with Crippen LogP contribution in [0.4, 0.5) is 5.69 Å². The van der Waals surface area contributed by atoms with Crippen molar-refractivity contribution in [1.29, 1.82) is 0 Å². The summed E-state index contributed by atoms with van der Waals surface area (Å²) in [6.07, 6.45) is 5.28. The third-order valence-corrected chi connectivity index (χ3v) is 3.96. The minimum atomic E-state index is 0.829. The fourth-order valence-corrected chi connectivity index (χ4v) is 3.19. The molecule has 0 aromatic heterocycles. The van der Waals surface area contributed by atoms with E-state index in [4.69, 9.17) is 5.73 Å². The van der Waals surface area contributed by atoms with Crippen LogP contribution in [0.25, 0.3) is 0 Å². The SMILES string of the molecule is Nc1ccc2c(c1)CC(CN1CCCC1)C2. The second kappa shape index (κ2) is 4.10. The molecule has 2 nitrogen and oxygen atoms in total. The highest BCUT2D eigenvalue weighted by atomic mass is 15.1. The summed E-state index contributed by atoms with van der Waals surface area (Å²) in [6, 6.07) is 6.42. The Morgan fingerprint density at radius 1 is 1.12 bits per heavy atom. The van der Waals surface area contributed by atoms with Gasteiger partial charge in [0, 0.05) is 12.2 Å². The molecule has 0 bridgehead atoms. The summed E-state index contributed by atoms with van der Waals surface area (Å²) in [5, 5.41) is 0. The van der Waals surface area contributed by atoms with Gasteiger partial charge in [-0.1, -0.05) is 6.07 Å². The zero-order valence-electron chi connectivity index (χ0n) is 9.78. The predicted octanol–water partition coefficient (Wildman–Crippen LogP) is 2.08. The maximum Gasteiger partial charge on any atom is 0.0316 e. The van der Waals surface area contributed by atoms with Crippen molar-refractivity contribution < 1.29 is 0 Å². The minimum absolute atomic E-state index is 0.829. The lowest BCUT2D eigenvalue weighted by molar-refractivity contribution is 0.282. The molecule has 3 rings (SSSR count). The molecule has 0 spiro atoms. The maximum absolute atomic E-state index is 5.83. The van der Waals surface area contributed by atoms with Crippen molar-refractivity contribution in [3.8, 4) is 0 Å². The number of hydrogen-bond acceptors (Lipinski definition) is 2. The number of nitrogens with two attached hydrogens (primary N) is 1. The van der Waals surface area contributed by atoms with Gasteiger partial charge in [-0.05, 0) is 68.0 Å². The van der Waals surface area contributed by atoms with Gasteiger partial charge in [0.25, 0.3) is 0 Å². The van der Waals surface area contributed by atoms with Crippen molar-refractivity contribution in [2.24, 2.45) is 5.92 Å². The van der Waals surface area contributed by atoms with Gasteiger partial charge in [0.15, 0.2) is 0 Å². The molecule has 1 heterocycles. The van der Waals surface area contributed by atoms with Gasteiger partial charge in [0.1, 0.15) is 0 Å². The van der Waals surface area contributed by atoms with Gasteiger partial charge in [-0.15, -0.1) is 0 Å². The quantitative estimate of drug-likeness (QED) is 0.767. The number of fused-ring (bicyclic) bond motifs is 1. The lowest BCUT2D eigenvalue weighted by Gasteiger charge is -2.19. The van der Waals surface area contributed by atoms with Crippen molar-refractivity contribution in [3.63, 3.8) is 0 Å². The highest BCUT2D eigenvalue weighted by molar-refractivity contribution is 5.46. The molecule has 16 heavy (non-hydrogen) atoms. The smallest absolute Gasteiger partial charge is 0.0316 e. The second-order valence-corrected chi connectivity index (χ2v) is 5.31. The van der Waals surface area contributed by atoms with E-state index in [-0.39, 0.29) is 0 Å². The zero-order valence-corrected chi connectivity index (χ0v) is 9.78. The van der Waals surface area contributed by atoms with Crippen LogP contribution < -0.4 is 5.73 Å². The molecule has 2 N–H and O–H groups in total. The predicted molar refractivity (Wildman–Crippen MR) is 67.4 cm³/mol. The van der Waals surface area contributed by atoms with Crippen molar-refractivity contribution in [2.75, 3.05) is 25.4 Å². The zero-order chi connectivity index (χ0) is 11.0. The molecule has 2 heteroatoms. The molecule has 86 valence electrons. The Labute approximate surface area is 97.4 Å². The summed E-state index contributed by atoms with van der Waals surface area (Å²) < 4.78 is 0. The Balaban J connectivity index is 1.65. The van der Waals surface area contributed by atoms with Crippen LogP contribution in [0.1, 0.15) is 24.0 Å². The average Bonchev–Trinajstić information content (AvgIpc) is 2.86. The average molecular weight is 216 g/mol. The molecule has 1 fully saturated rings. The molecule has 0 saturated carbocycles. The lowest BCUT2D eigenvalue weighted by atomic mass is 10.1. The summed E-state index contributed by atoms with van der Waals surface area (Å²) in [7, 11) is 0. The van der Waals surface area contributed by atoms with E-state index in [2.05, 4.69) is 17.0 Å². The van der Waals surface area contributed by atoms with Crippen molar-refractivity contribution in [3.05, 3.63) is 29.3 Å². The summed E-state index contributed by atoms with van der Waals surface area (Å²) in [6.45, 7) is 3.92. The van der Waals surface area contributed by atoms with Gasteiger partial charge in [0.05, 0.1) is 0 Å². The molecule has 1 saturated heterocycles. The molecule has 0 radical (unpaired) electrons. The van der Waals surface area contributed by atoms with Crippen molar-refractivity contribution in [1.82, 2.24) is 4.90 Å². The fraction of sp³-hybridized carbons (Fsp3) is 0.571. The van der Waals surface area contributed by atoms with E-state index in [0.29, 0.717) is 0 Å². The van der Waals surface area contributed by atoms with E-state index in [9.17, 15) is 0 Å². The molecular formula is C14H20N2. The fourth-order valence-electron chi connectivity index (χ4n) is 3.19. The Bertz CT molecular complexity index is 380. The van der Waals surface area contributed by atoms with Crippen LogP contribution in [-0.2, 0) is 12.8 Å². The van der Waals surface area contributed by atoms with Gasteiger partial charge in [-0.3, -0.25) is 0 Å². The van der Waals surface area contributed by atoms with Gasteiger partial charge < -0.3 is 10.6 Å². The minimum Gasteiger partial charge on any atom is -0.399 e. The molecule has 1 atom stereocenters. The topological polar surface area (TPSA) is 29.3 Å². The molecule has 1 aliphatic heterocycles. The van der Waals surface area contributed by atoms with Crippen LogP contribution in [0.3, 0.4) is 0 Å². The van der Waals surface area contributed by atoms with E-state index >= 15 is 0 Å². The number of likely N-dealkylation sites (tertiary alicyclic amines) is 1. The number of nitrogen functional groups attached to an aromatic ring is 1. The number of nitrogens with zero attached hydrogens (tertiary/aromatic N) is 1. The number of benzene rings is 1. The summed E-state index contributed by atoms with van der Waals surface area (Å²) in [5.41, 5.74) is 9.76. The van der Waals surface area contributed by atoms with E-state index in [1.54, 1.807) is 0 Å². The van der Waals surface area contributed by atoms with Crippen LogP contribution in [0.5, 0.6) is 0 Å². The highest BCUT2D eigenvalue weighted by Crippen LogP contribution is 2.29. The first-order valence-electron chi connectivity index (χ1n) is 6.41. The second-order valence-electron chi connectivity index (χ2n) is 5.31. The van der Waals surface area contributed by atoms with Gasteiger partial charge in [0.2, 0.25) is 0 Å². The first kappa shape index (κ1) is 10.2. The van der Waals surface area contributed by atoms with Crippen LogP contribution in [0.2, 0.25) is 0 Å². The Kier molecular flexibility index (Phi) is 2.60. The number of hydrogen-bond donors (Lipinski definition) is 1. The van der Waals surface area contributed by atoms with E-state index in [0.717, 1.165) is 11.6 Å². The van der Waals surface area contributed by atoms with Gasteiger partial charge in [-0.2, -0.15) is 0 Å². The Hall–Kier alpha value is -1.02. The summed E-state index contributed by atoms with van der Waals surface area (Å²) in [4.78, 5) is 2.62. The van der Waals surface area contributed by atoms with E-state index in [1.165, 1.54) is 56.4 Å².